The summed E-state index contributed by atoms with van der Waals surface area (Å²) in [5.41, 5.74) is 2.39. The molecule has 0 aliphatic carbocycles. The Morgan fingerprint density at radius 1 is 1.29 bits per heavy atom. The van der Waals surface area contributed by atoms with E-state index in [2.05, 4.69) is 23.3 Å². The molecule has 0 saturated carbocycles. The van der Waals surface area contributed by atoms with Crippen LogP contribution in [0.3, 0.4) is 0 Å². The number of piperidine rings is 1. The van der Waals surface area contributed by atoms with Gasteiger partial charge in [0.25, 0.3) is 5.91 Å². The first-order chi connectivity index (χ1) is 13.4. The number of nitrogens with zero attached hydrogens (tertiary/aromatic N) is 3. The SMILES string of the molecule is CCc1cccc(NC(=O)N2CCC(c3nc(C(=O)N(C)C)c(C)o3)CC2)c1. The van der Waals surface area contributed by atoms with E-state index in [4.69, 9.17) is 4.42 Å². The predicted molar refractivity (Wildman–Crippen MR) is 108 cm³/mol. The Balaban J connectivity index is 1.59. The van der Waals surface area contributed by atoms with Gasteiger partial charge in [0.05, 0.1) is 0 Å². The molecule has 1 aliphatic heterocycles. The van der Waals surface area contributed by atoms with Gasteiger partial charge in [-0.25, -0.2) is 9.78 Å². The van der Waals surface area contributed by atoms with Crippen molar-refractivity contribution in [2.24, 2.45) is 0 Å². The van der Waals surface area contributed by atoms with Gasteiger partial charge in [0, 0.05) is 38.8 Å². The fraction of sp³-hybridized carbons (Fsp3) is 0.476. The van der Waals surface area contributed by atoms with Crippen molar-refractivity contribution in [1.29, 1.82) is 0 Å². The smallest absolute Gasteiger partial charge is 0.321 e. The number of oxazole rings is 1. The fourth-order valence-corrected chi connectivity index (χ4v) is 3.40. The van der Waals surface area contributed by atoms with Crippen LogP contribution < -0.4 is 5.32 Å². The molecular weight excluding hydrogens is 356 g/mol. The number of aromatic nitrogens is 1. The van der Waals surface area contributed by atoms with Crippen LogP contribution in [0.2, 0.25) is 0 Å². The number of benzene rings is 1. The maximum absolute atomic E-state index is 12.6. The van der Waals surface area contributed by atoms with Crippen LogP contribution in [0.4, 0.5) is 10.5 Å². The number of hydrogen-bond donors (Lipinski definition) is 1. The van der Waals surface area contributed by atoms with E-state index in [1.54, 1.807) is 21.0 Å². The van der Waals surface area contributed by atoms with Gasteiger partial charge in [-0.3, -0.25) is 4.79 Å². The van der Waals surface area contributed by atoms with Gasteiger partial charge < -0.3 is 19.5 Å². The van der Waals surface area contributed by atoms with E-state index in [0.717, 1.165) is 24.9 Å². The first-order valence-corrected chi connectivity index (χ1v) is 9.73. The zero-order valence-corrected chi connectivity index (χ0v) is 17.0. The normalized spacial score (nSPS) is 14.8. The molecule has 0 unspecified atom stereocenters. The lowest BCUT2D eigenvalue weighted by Gasteiger charge is -2.30. The minimum Gasteiger partial charge on any atom is -0.445 e. The minimum absolute atomic E-state index is 0.0845. The lowest BCUT2D eigenvalue weighted by molar-refractivity contribution is 0.0821. The van der Waals surface area contributed by atoms with E-state index in [1.807, 2.05) is 23.1 Å². The lowest BCUT2D eigenvalue weighted by atomic mass is 9.97. The summed E-state index contributed by atoms with van der Waals surface area (Å²) in [6, 6.07) is 7.83. The summed E-state index contributed by atoms with van der Waals surface area (Å²) in [6.07, 6.45) is 2.46. The zero-order chi connectivity index (χ0) is 20.3. The Morgan fingerprint density at radius 3 is 2.64 bits per heavy atom. The highest BCUT2D eigenvalue weighted by atomic mass is 16.4. The maximum atomic E-state index is 12.6. The third kappa shape index (κ3) is 4.35. The standard InChI is InChI=1S/C21H28N4O3/c1-5-15-7-6-8-17(13-15)22-21(27)25-11-9-16(10-12-25)19-23-18(14(2)28-19)20(26)24(3)4/h6-8,13,16H,5,9-12H2,1-4H3,(H,22,27). The number of anilines is 1. The summed E-state index contributed by atoms with van der Waals surface area (Å²) >= 11 is 0. The van der Waals surface area contributed by atoms with Crippen molar-refractivity contribution in [3.63, 3.8) is 0 Å². The highest BCUT2D eigenvalue weighted by Gasteiger charge is 2.29. The number of likely N-dealkylation sites (tertiary alicyclic amines) is 1. The van der Waals surface area contributed by atoms with Gasteiger partial charge in [-0.15, -0.1) is 0 Å². The second-order valence-corrected chi connectivity index (χ2v) is 7.40. The van der Waals surface area contributed by atoms with Gasteiger partial charge in [-0.05, 0) is 43.9 Å². The molecule has 1 aromatic carbocycles. The second kappa shape index (κ2) is 8.46. The number of hydrogen-bond acceptors (Lipinski definition) is 4. The Labute approximate surface area is 165 Å². The number of nitrogens with one attached hydrogen (secondary N) is 1. The van der Waals surface area contributed by atoms with Crippen molar-refractivity contribution in [2.75, 3.05) is 32.5 Å². The average Bonchev–Trinajstić information content (AvgIpc) is 3.09. The van der Waals surface area contributed by atoms with Gasteiger partial charge in [0.15, 0.2) is 11.6 Å². The molecule has 28 heavy (non-hydrogen) atoms. The van der Waals surface area contributed by atoms with Crippen molar-refractivity contribution in [1.82, 2.24) is 14.8 Å². The average molecular weight is 384 g/mol. The lowest BCUT2D eigenvalue weighted by Crippen LogP contribution is -2.40. The first-order valence-electron chi connectivity index (χ1n) is 9.73. The van der Waals surface area contributed by atoms with E-state index >= 15 is 0 Å². The quantitative estimate of drug-likeness (QED) is 0.873. The predicted octanol–water partition coefficient (Wildman–Crippen LogP) is 3.66. The number of urea groups is 1. The van der Waals surface area contributed by atoms with Crippen molar-refractivity contribution >= 4 is 17.6 Å². The molecule has 2 heterocycles. The van der Waals surface area contributed by atoms with Crippen LogP contribution >= 0.6 is 0 Å². The number of aryl methyl sites for hydroxylation is 2. The molecule has 0 radical (unpaired) electrons. The highest BCUT2D eigenvalue weighted by Crippen LogP contribution is 2.29. The van der Waals surface area contributed by atoms with Crippen LogP contribution in [0, 0.1) is 6.92 Å². The molecule has 0 spiro atoms. The summed E-state index contributed by atoms with van der Waals surface area (Å²) in [4.78, 5) is 32.5. The molecule has 1 aliphatic rings. The maximum Gasteiger partial charge on any atom is 0.321 e. The third-order valence-corrected chi connectivity index (χ3v) is 5.14. The molecule has 1 fully saturated rings. The number of carbonyl (C=O) groups is 2. The van der Waals surface area contributed by atoms with Crippen LogP contribution in [0.5, 0.6) is 0 Å². The van der Waals surface area contributed by atoms with Gasteiger partial charge in [-0.2, -0.15) is 0 Å². The van der Waals surface area contributed by atoms with Crippen LogP contribution in [0.25, 0.3) is 0 Å². The van der Waals surface area contributed by atoms with Crippen molar-refractivity contribution in [3.05, 3.63) is 47.2 Å². The molecule has 3 amide bonds. The van der Waals surface area contributed by atoms with Crippen LogP contribution in [0.15, 0.2) is 28.7 Å². The van der Waals surface area contributed by atoms with Gasteiger partial charge in [0.2, 0.25) is 0 Å². The Bertz CT molecular complexity index is 851. The van der Waals surface area contributed by atoms with E-state index in [-0.39, 0.29) is 17.9 Å². The van der Waals surface area contributed by atoms with E-state index in [9.17, 15) is 9.59 Å². The number of carbonyl (C=O) groups excluding carboxylic acids is 2. The molecule has 1 aromatic heterocycles. The topological polar surface area (TPSA) is 78.7 Å². The summed E-state index contributed by atoms with van der Waals surface area (Å²) in [5, 5.41) is 2.98. The van der Waals surface area contributed by atoms with Crippen molar-refractivity contribution in [3.8, 4) is 0 Å². The fourth-order valence-electron chi connectivity index (χ4n) is 3.40. The van der Waals surface area contributed by atoms with Crippen molar-refractivity contribution < 1.29 is 14.0 Å². The molecule has 1 N–H and O–H groups in total. The Kier molecular flexibility index (Phi) is 6.02. The van der Waals surface area contributed by atoms with Gasteiger partial charge >= 0.3 is 6.03 Å². The van der Waals surface area contributed by atoms with E-state index < -0.39 is 0 Å². The molecule has 7 heteroatoms. The van der Waals surface area contributed by atoms with Crippen molar-refractivity contribution in [2.45, 2.75) is 39.0 Å². The summed E-state index contributed by atoms with van der Waals surface area (Å²) in [5.74, 6) is 1.11. The van der Waals surface area contributed by atoms with Crippen LogP contribution in [-0.2, 0) is 6.42 Å². The minimum atomic E-state index is -0.154. The second-order valence-electron chi connectivity index (χ2n) is 7.40. The first kappa shape index (κ1) is 19.9. The van der Waals surface area contributed by atoms with Gasteiger partial charge in [0.1, 0.15) is 5.76 Å². The van der Waals surface area contributed by atoms with Crippen LogP contribution in [-0.4, -0.2) is 53.9 Å². The number of amides is 3. The van der Waals surface area contributed by atoms with Crippen LogP contribution in [0.1, 0.15) is 53.4 Å². The largest absolute Gasteiger partial charge is 0.445 e. The molecule has 3 rings (SSSR count). The molecule has 1 saturated heterocycles. The van der Waals surface area contributed by atoms with E-state index in [1.165, 1.54) is 10.5 Å². The monoisotopic (exact) mass is 384 g/mol. The molecule has 150 valence electrons. The molecule has 2 aromatic rings. The number of rotatable bonds is 4. The summed E-state index contributed by atoms with van der Waals surface area (Å²) in [7, 11) is 3.40. The van der Waals surface area contributed by atoms with E-state index in [0.29, 0.717) is 30.4 Å². The zero-order valence-electron chi connectivity index (χ0n) is 17.0. The molecular formula is C21H28N4O3. The Hall–Kier alpha value is -2.83. The third-order valence-electron chi connectivity index (χ3n) is 5.14. The van der Waals surface area contributed by atoms with Gasteiger partial charge in [-0.1, -0.05) is 19.1 Å². The summed E-state index contributed by atoms with van der Waals surface area (Å²) in [6.45, 7) is 5.11. The molecule has 7 nitrogen and oxygen atoms in total. The molecule has 0 bridgehead atoms. The summed E-state index contributed by atoms with van der Waals surface area (Å²) < 4.78 is 5.76. The molecule has 0 atom stereocenters. The highest BCUT2D eigenvalue weighted by molar-refractivity contribution is 5.92. The Morgan fingerprint density at radius 2 is 2.00 bits per heavy atom.